The summed E-state index contributed by atoms with van der Waals surface area (Å²) in [5, 5.41) is 7.82. The summed E-state index contributed by atoms with van der Waals surface area (Å²) in [5.74, 6) is -1.18. The van der Waals surface area contributed by atoms with Gasteiger partial charge in [-0.05, 0) is 30.3 Å². The van der Waals surface area contributed by atoms with Crippen LogP contribution in [0.1, 0.15) is 0 Å². The number of aromatic nitrogens is 5. The fourth-order valence-corrected chi connectivity index (χ4v) is 2.66. The van der Waals surface area contributed by atoms with Gasteiger partial charge in [0.05, 0.1) is 11.3 Å². The quantitative estimate of drug-likeness (QED) is 0.578. The minimum absolute atomic E-state index is 0.0334. The Balaban J connectivity index is 1.86. The molecule has 134 valence electrons. The lowest BCUT2D eigenvalue weighted by Crippen LogP contribution is -2.04. The molecule has 0 saturated heterocycles. The maximum atomic E-state index is 14.2. The molecule has 27 heavy (non-hydrogen) atoms. The number of nitrogen functional groups attached to an aromatic ring is 2. The van der Waals surface area contributed by atoms with Crippen LogP contribution in [-0.4, -0.2) is 24.7 Å². The highest BCUT2D eigenvalue weighted by Gasteiger charge is 2.18. The van der Waals surface area contributed by atoms with Gasteiger partial charge in [-0.1, -0.05) is 6.07 Å². The molecule has 3 aromatic heterocycles. The Labute approximate surface area is 152 Å². The summed E-state index contributed by atoms with van der Waals surface area (Å²) in [6.07, 6.45) is 4.46. The fraction of sp³-hybridized carbons (Fsp3) is 0. The summed E-state index contributed by atoms with van der Waals surface area (Å²) >= 11 is 0. The van der Waals surface area contributed by atoms with Crippen LogP contribution in [0.5, 0.6) is 0 Å². The van der Waals surface area contributed by atoms with Gasteiger partial charge in [-0.2, -0.15) is 0 Å². The van der Waals surface area contributed by atoms with Crippen LogP contribution in [0.3, 0.4) is 0 Å². The Bertz CT molecular complexity index is 1120. The molecule has 0 aliphatic carbocycles. The normalized spacial score (nSPS) is 10.9. The number of pyridine rings is 2. The van der Waals surface area contributed by atoms with Crippen molar-refractivity contribution in [2.75, 3.05) is 11.5 Å². The lowest BCUT2D eigenvalue weighted by molar-refractivity contribution is 0.504. The van der Waals surface area contributed by atoms with E-state index in [-0.39, 0.29) is 17.3 Å². The summed E-state index contributed by atoms with van der Waals surface area (Å²) in [4.78, 5) is 8.23. The van der Waals surface area contributed by atoms with Crippen molar-refractivity contribution in [3.63, 3.8) is 0 Å². The molecule has 0 aliphatic rings. The molecule has 0 aliphatic heterocycles. The van der Waals surface area contributed by atoms with Crippen molar-refractivity contribution < 1.29 is 8.78 Å². The first kappa shape index (κ1) is 16.6. The molecule has 0 unspecified atom stereocenters. The summed E-state index contributed by atoms with van der Waals surface area (Å²) in [6, 6.07) is 9.03. The van der Waals surface area contributed by atoms with Gasteiger partial charge in [0.2, 0.25) is 0 Å². The molecule has 0 bridgehead atoms. The van der Waals surface area contributed by atoms with Gasteiger partial charge in [-0.3, -0.25) is 4.57 Å². The minimum Gasteiger partial charge on any atom is -0.384 e. The van der Waals surface area contributed by atoms with E-state index >= 15 is 0 Å². The average Bonchev–Trinajstić information content (AvgIpc) is 3.14. The molecular formula is C18H13F2N7. The van der Waals surface area contributed by atoms with E-state index in [4.69, 9.17) is 11.5 Å². The van der Waals surface area contributed by atoms with Crippen LogP contribution in [0, 0.1) is 11.6 Å². The van der Waals surface area contributed by atoms with Gasteiger partial charge in [0.15, 0.2) is 17.5 Å². The zero-order valence-corrected chi connectivity index (χ0v) is 13.8. The molecule has 4 rings (SSSR count). The molecule has 0 atom stereocenters. The second-order valence-electron chi connectivity index (χ2n) is 5.73. The molecule has 9 heteroatoms. The van der Waals surface area contributed by atoms with Gasteiger partial charge < -0.3 is 11.5 Å². The van der Waals surface area contributed by atoms with E-state index in [2.05, 4.69) is 20.2 Å². The summed E-state index contributed by atoms with van der Waals surface area (Å²) in [7, 11) is 0. The van der Waals surface area contributed by atoms with Crippen LogP contribution in [-0.2, 0) is 0 Å². The van der Waals surface area contributed by atoms with Gasteiger partial charge in [-0.15, -0.1) is 10.2 Å². The van der Waals surface area contributed by atoms with E-state index in [0.29, 0.717) is 16.9 Å². The first-order valence-corrected chi connectivity index (χ1v) is 7.87. The van der Waals surface area contributed by atoms with Crippen molar-refractivity contribution in [1.29, 1.82) is 0 Å². The van der Waals surface area contributed by atoms with Crippen LogP contribution >= 0.6 is 0 Å². The van der Waals surface area contributed by atoms with Gasteiger partial charge in [0, 0.05) is 23.5 Å². The predicted molar refractivity (Wildman–Crippen MR) is 96.6 cm³/mol. The van der Waals surface area contributed by atoms with Crippen molar-refractivity contribution in [1.82, 2.24) is 24.7 Å². The molecule has 4 aromatic rings. The van der Waals surface area contributed by atoms with Crippen molar-refractivity contribution in [2.24, 2.45) is 0 Å². The molecule has 7 nitrogen and oxygen atoms in total. The van der Waals surface area contributed by atoms with E-state index in [0.717, 1.165) is 11.6 Å². The van der Waals surface area contributed by atoms with Crippen molar-refractivity contribution in [3.8, 4) is 28.2 Å². The topological polar surface area (TPSA) is 109 Å². The van der Waals surface area contributed by atoms with Crippen LogP contribution in [0.4, 0.5) is 20.4 Å². The van der Waals surface area contributed by atoms with E-state index in [1.807, 2.05) is 0 Å². The van der Waals surface area contributed by atoms with E-state index in [1.54, 1.807) is 30.6 Å². The number of benzene rings is 1. The van der Waals surface area contributed by atoms with Crippen LogP contribution < -0.4 is 11.5 Å². The van der Waals surface area contributed by atoms with Crippen molar-refractivity contribution in [2.45, 2.75) is 0 Å². The standard InChI is InChI=1S/C18H13F2N7/c19-13-2-1-3-14(16(13)20)27-9-25-26-18(27)12-6-11(8-24-17(12)22)10-4-5-15(21)23-7-10/h1-9H,(H2,21,23)(H2,22,24). The number of anilines is 2. The third-order valence-corrected chi connectivity index (χ3v) is 4.02. The highest BCUT2D eigenvalue weighted by molar-refractivity contribution is 5.76. The highest BCUT2D eigenvalue weighted by atomic mass is 19.2. The third-order valence-electron chi connectivity index (χ3n) is 4.02. The van der Waals surface area contributed by atoms with Crippen LogP contribution in [0.2, 0.25) is 0 Å². The number of nitrogens with two attached hydrogens (primary N) is 2. The number of hydrogen-bond donors (Lipinski definition) is 2. The maximum Gasteiger partial charge on any atom is 0.182 e. The summed E-state index contributed by atoms with van der Waals surface area (Å²) < 4.78 is 29.2. The third kappa shape index (κ3) is 2.95. The monoisotopic (exact) mass is 365 g/mol. The van der Waals surface area contributed by atoms with E-state index < -0.39 is 11.6 Å². The smallest absolute Gasteiger partial charge is 0.182 e. The SMILES string of the molecule is Nc1ccc(-c2cnc(N)c(-c3nncn3-c3cccc(F)c3F)c2)cn1. The number of nitrogens with zero attached hydrogens (tertiary/aromatic N) is 5. The largest absolute Gasteiger partial charge is 0.384 e. The lowest BCUT2D eigenvalue weighted by atomic mass is 10.1. The molecule has 0 saturated carbocycles. The Hall–Kier alpha value is -3.88. The zero-order chi connectivity index (χ0) is 19.0. The first-order valence-electron chi connectivity index (χ1n) is 7.87. The fourth-order valence-electron chi connectivity index (χ4n) is 2.66. The minimum atomic E-state index is -1.01. The Morgan fingerprint density at radius 2 is 1.74 bits per heavy atom. The van der Waals surface area contributed by atoms with E-state index in [9.17, 15) is 8.78 Å². The number of hydrogen-bond acceptors (Lipinski definition) is 6. The van der Waals surface area contributed by atoms with Crippen LogP contribution in [0.25, 0.3) is 28.2 Å². The highest BCUT2D eigenvalue weighted by Crippen LogP contribution is 2.30. The van der Waals surface area contributed by atoms with Gasteiger partial charge in [-0.25, -0.2) is 18.7 Å². The molecule has 4 N–H and O–H groups in total. The first-order chi connectivity index (χ1) is 13.0. The Kier molecular flexibility index (Phi) is 3.96. The molecule has 1 aromatic carbocycles. The van der Waals surface area contributed by atoms with Crippen molar-refractivity contribution in [3.05, 3.63) is 66.8 Å². The average molecular weight is 365 g/mol. The number of rotatable bonds is 3. The Morgan fingerprint density at radius 1 is 0.926 bits per heavy atom. The van der Waals surface area contributed by atoms with E-state index in [1.165, 1.54) is 23.0 Å². The van der Waals surface area contributed by atoms with Crippen LogP contribution in [0.15, 0.2) is 55.1 Å². The molecule has 0 fully saturated rings. The van der Waals surface area contributed by atoms with Gasteiger partial charge in [0.1, 0.15) is 18.0 Å². The molecule has 0 amide bonds. The van der Waals surface area contributed by atoms with Gasteiger partial charge in [0.25, 0.3) is 0 Å². The number of halogens is 2. The molecule has 0 radical (unpaired) electrons. The summed E-state index contributed by atoms with van der Waals surface area (Å²) in [5.41, 5.74) is 13.5. The lowest BCUT2D eigenvalue weighted by Gasteiger charge is -2.11. The molecular weight excluding hydrogens is 352 g/mol. The van der Waals surface area contributed by atoms with Gasteiger partial charge >= 0.3 is 0 Å². The van der Waals surface area contributed by atoms with Crippen molar-refractivity contribution >= 4 is 11.6 Å². The predicted octanol–water partition coefficient (Wildman–Crippen LogP) is 2.83. The zero-order valence-electron chi connectivity index (χ0n) is 13.8. The Morgan fingerprint density at radius 3 is 2.52 bits per heavy atom. The maximum absolute atomic E-state index is 14.2. The molecule has 0 spiro atoms. The second-order valence-corrected chi connectivity index (χ2v) is 5.73. The second kappa shape index (κ2) is 6.45. The summed E-state index contributed by atoms with van der Waals surface area (Å²) in [6.45, 7) is 0. The molecule has 3 heterocycles.